The molecule has 0 radical (unpaired) electrons. The Morgan fingerprint density at radius 2 is 1.93 bits per heavy atom. The summed E-state index contributed by atoms with van der Waals surface area (Å²) >= 11 is 7.45. The molecule has 2 aromatic carbocycles. The first-order valence-electron chi connectivity index (χ1n) is 9.70. The molecule has 1 heterocycles. The maximum absolute atomic E-state index is 12.9. The average molecular weight is 429 g/mol. The zero-order chi connectivity index (χ0) is 20.4. The zero-order valence-corrected chi connectivity index (χ0v) is 17.7. The van der Waals surface area contributed by atoms with Crippen LogP contribution in [-0.2, 0) is 28.9 Å². The normalized spacial score (nSPS) is 14.1. The molecule has 1 amide bonds. The fourth-order valence-corrected chi connectivity index (χ4v) is 4.94. The van der Waals surface area contributed by atoms with E-state index in [0.717, 1.165) is 29.5 Å². The molecular formula is C22H21ClN2O3S. The van der Waals surface area contributed by atoms with Gasteiger partial charge in [0.25, 0.3) is 5.91 Å². The first-order chi connectivity index (χ1) is 14.0. The van der Waals surface area contributed by atoms with Crippen molar-refractivity contribution in [2.75, 3.05) is 6.61 Å². The lowest BCUT2D eigenvalue weighted by Crippen LogP contribution is -2.23. The van der Waals surface area contributed by atoms with Gasteiger partial charge in [-0.15, -0.1) is 0 Å². The van der Waals surface area contributed by atoms with Crippen LogP contribution in [0.3, 0.4) is 0 Å². The molecule has 5 nitrogen and oxygen atoms in total. The molecule has 0 N–H and O–H groups in total. The molecule has 0 bridgehead atoms. The number of nitrogens with zero attached hydrogens (tertiary/aromatic N) is 2. The van der Waals surface area contributed by atoms with Gasteiger partial charge in [0, 0.05) is 10.6 Å². The Hall–Kier alpha value is -2.44. The van der Waals surface area contributed by atoms with Gasteiger partial charge in [-0.05, 0) is 74.1 Å². The quantitative estimate of drug-likeness (QED) is 0.573. The van der Waals surface area contributed by atoms with Gasteiger partial charge in [0.05, 0.1) is 16.8 Å². The largest absolute Gasteiger partial charge is 0.465 e. The second-order valence-corrected chi connectivity index (χ2v) is 8.44. The van der Waals surface area contributed by atoms with Crippen molar-refractivity contribution >= 4 is 45.0 Å². The topological polar surface area (TPSA) is 60.7 Å². The molecule has 0 unspecified atom stereocenters. The van der Waals surface area contributed by atoms with E-state index < -0.39 is 0 Å². The van der Waals surface area contributed by atoms with Crippen molar-refractivity contribution in [1.82, 2.24) is 4.57 Å². The van der Waals surface area contributed by atoms with E-state index in [9.17, 15) is 9.59 Å². The number of benzene rings is 2. The molecular weight excluding hydrogens is 408 g/mol. The highest BCUT2D eigenvalue weighted by molar-refractivity contribution is 7.16. The lowest BCUT2D eigenvalue weighted by Gasteiger charge is -2.15. The lowest BCUT2D eigenvalue weighted by molar-refractivity contribution is -0.143. The van der Waals surface area contributed by atoms with Crippen LogP contribution in [0.2, 0.25) is 5.02 Å². The Morgan fingerprint density at radius 3 is 2.72 bits per heavy atom. The Labute approximate surface area is 177 Å². The van der Waals surface area contributed by atoms with Crippen LogP contribution in [0.4, 0.5) is 0 Å². The maximum Gasteiger partial charge on any atom is 0.326 e. The molecule has 0 aliphatic heterocycles. The summed E-state index contributed by atoms with van der Waals surface area (Å²) in [5.41, 5.74) is 3.93. The SMILES string of the molecule is CCOC(=O)Cn1c(=NC(=O)c2ccc3c(c2)CCCC3)sc2cc(Cl)ccc21. The van der Waals surface area contributed by atoms with Gasteiger partial charge in [-0.25, -0.2) is 0 Å². The van der Waals surface area contributed by atoms with Crippen molar-refractivity contribution in [3.05, 3.63) is 62.9 Å². The van der Waals surface area contributed by atoms with E-state index in [-0.39, 0.29) is 18.4 Å². The molecule has 4 rings (SSSR count). The van der Waals surface area contributed by atoms with Gasteiger partial charge in [0.2, 0.25) is 0 Å². The van der Waals surface area contributed by atoms with E-state index in [4.69, 9.17) is 16.3 Å². The Kier molecular flexibility index (Phi) is 5.83. The van der Waals surface area contributed by atoms with Gasteiger partial charge in [0.1, 0.15) is 6.54 Å². The summed E-state index contributed by atoms with van der Waals surface area (Å²) < 4.78 is 7.66. The van der Waals surface area contributed by atoms with E-state index >= 15 is 0 Å². The van der Waals surface area contributed by atoms with Crippen molar-refractivity contribution in [2.24, 2.45) is 4.99 Å². The predicted molar refractivity (Wildman–Crippen MR) is 114 cm³/mol. The van der Waals surface area contributed by atoms with Gasteiger partial charge in [-0.3, -0.25) is 9.59 Å². The minimum atomic E-state index is -0.371. The van der Waals surface area contributed by atoms with Crippen LogP contribution < -0.4 is 4.80 Å². The zero-order valence-electron chi connectivity index (χ0n) is 16.1. The molecule has 1 aromatic heterocycles. The van der Waals surface area contributed by atoms with Gasteiger partial charge >= 0.3 is 5.97 Å². The molecule has 150 valence electrons. The number of carbonyl (C=O) groups is 2. The van der Waals surface area contributed by atoms with Crippen LogP contribution in [0.1, 0.15) is 41.3 Å². The summed E-state index contributed by atoms with van der Waals surface area (Å²) in [5.74, 6) is -0.682. The van der Waals surface area contributed by atoms with Crippen LogP contribution in [-0.4, -0.2) is 23.1 Å². The number of aromatic nitrogens is 1. The van der Waals surface area contributed by atoms with E-state index in [0.29, 0.717) is 22.0 Å². The highest BCUT2D eigenvalue weighted by Crippen LogP contribution is 2.24. The molecule has 0 fully saturated rings. The number of carbonyl (C=O) groups excluding carboxylic acids is 2. The third-order valence-electron chi connectivity index (χ3n) is 5.03. The van der Waals surface area contributed by atoms with Crippen LogP contribution in [0, 0.1) is 0 Å². The van der Waals surface area contributed by atoms with Crippen LogP contribution in [0.15, 0.2) is 41.4 Å². The standard InChI is InChI=1S/C22H21ClN2O3S/c1-2-28-20(26)13-25-18-10-9-17(23)12-19(18)29-22(25)24-21(27)16-8-7-14-5-3-4-6-15(14)11-16/h7-12H,2-6,13H2,1H3. The van der Waals surface area contributed by atoms with Gasteiger partial charge in [0.15, 0.2) is 4.80 Å². The Balaban J connectivity index is 1.76. The second kappa shape index (κ2) is 8.51. The van der Waals surface area contributed by atoms with E-state index in [1.165, 1.54) is 28.9 Å². The fourth-order valence-electron chi connectivity index (χ4n) is 3.64. The van der Waals surface area contributed by atoms with E-state index in [1.807, 2.05) is 30.3 Å². The molecule has 3 aromatic rings. The number of ether oxygens (including phenoxy) is 1. The Morgan fingerprint density at radius 1 is 1.14 bits per heavy atom. The van der Waals surface area contributed by atoms with Gasteiger partial charge in [-0.2, -0.15) is 4.99 Å². The number of halogens is 1. The van der Waals surface area contributed by atoms with Gasteiger partial charge < -0.3 is 9.30 Å². The van der Waals surface area contributed by atoms with Crippen molar-refractivity contribution in [3.63, 3.8) is 0 Å². The predicted octanol–water partition coefficient (Wildman–Crippen LogP) is 4.54. The highest BCUT2D eigenvalue weighted by atomic mass is 35.5. The highest BCUT2D eigenvalue weighted by Gasteiger charge is 2.15. The number of thiazole rings is 1. The van der Waals surface area contributed by atoms with Crippen molar-refractivity contribution in [1.29, 1.82) is 0 Å². The second-order valence-electron chi connectivity index (χ2n) is 7.00. The van der Waals surface area contributed by atoms with Crippen molar-refractivity contribution < 1.29 is 14.3 Å². The summed E-state index contributed by atoms with van der Waals surface area (Å²) in [4.78, 5) is 29.8. The molecule has 7 heteroatoms. The van der Waals surface area contributed by atoms with E-state index in [1.54, 1.807) is 17.6 Å². The summed E-state index contributed by atoms with van der Waals surface area (Å²) in [6.07, 6.45) is 4.42. The number of esters is 1. The summed E-state index contributed by atoms with van der Waals surface area (Å²) in [6, 6.07) is 11.2. The maximum atomic E-state index is 12.9. The number of aryl methyl sites for hydroxylation is 2. The Bertz CT molecular complexity index is 1160. The minimum Gasteiger partial charge on any atom is -0.465 e. The molecule has 0 spiro atoms. The minimum absolute atomic E-state index is 0.00816. The van der Waals surface area contributed by atoms with Crippen LogP contribution >= 0.6 is 22.9 Å². The van der Waals surface area contributed by atoms with E-state index in [2.05, 4.69) is 4.99 Å². The third-order valence-corrected chi connectivity index (χ3v) is 6.31. The monoisotopic (exact) mass is 428 g/mol. The summed E-state index contributed by atoms with van der Waals surface area (Å²) in [5, 5.41) is 0.592. The third kappa shape index (κ3) is 4.28. The number of fused-ring (bicyclic) bond motifs is 2. The number of hydrogen-bond donors (Lipinski definition) is 0. The smallest absolute Gasteiger partial charge is 0.326 e. The lowest BCUT2D eigenvalue weighted by atomic mass is 9.90. The fraction of sp³-hybridized carbons (Fsp3) is 0.318. The molecule has 29 heavy (non-hydrogen) atoms. The van der Waals surface area contributed by atoms with Crippen molar-refractivity contribution in [2.45, 2.75) is 39.2 Å². The first-order valence-corrected chi connectivity index (χ1v) is 10.9. The number of amides is 1. The van der Waals surface area contributed by atoms with Crippen molar-refractivity contribution in [3.8, 4) is 0 Å². The summed E-state index contributed by atoms with van der Waals surface area (Å²) in [7, 11) is 0. The molecule has 0 saturated heterocycles. The molecule has 0 saturated carbocycles. The van der Waals surface area contributed by atoms with Gasteiger partial charge in [-0.1, -0.05) is 29.0 Å². The average Bonchev–Trinajstić information content (AvgIpc) is 3.03. The van der Waals surface area contributed by atoms with Crippen LogP contribution in [0.25, 0.3) is 10.2 Å². The molecule has 1 aliphatic rings. The summed E-state index contributed by atoms with van der Waals surface area (Å²) in [6.45, 7) is 2.05. The van der Waals surface area contributed by atoms with Crippen LogP contribution in [0.5, 0.6) is 0 Å². The molecule has 0 atom stereocenters. The number of hydrogen-bond acceptors (Lipinski definition) is 4. The first kappa shape index (κ1) is 19.9. The molecule has 1 aliphatic carbocycles. The number of rotatable bonds is 4.